The van der Waals surface area contributed by atoms with Gasteiger partial charge in [-0.15, -0.1) is 0 Å². The van der Waals surface area contributed by atoms with E-state index in [4.69, 9.17) is 9.94 Å². The molecule has 0 aromatic heterocycles. The molecule has 0 amide bonds. The first-order valence-corrected chi connectivity index (χ1v) is 7.07. The summed E-state index contributed by atoms with van der Waals surface area (Å²) in [5.74, 6) is 0.121. The zero-order valence-corrected chi connectivity index (χ0v) is 13.2. The van der Waals surface area contributed by atoms with Gasteiger partial charge in [-0.25, -0.2) is 4.79 Å². The maximum absolute atomic E-state index is 12.1. The molecule has 108 valence electrons. The van der Waals surface area contributed by atoms with Crippen LogP contribution in [0.15, 0.2) is 46.0 Å². The Morgan fingerprint density at radius 1 is 1.19 bits per heavy atom. The summed E-state index contributed by atoms with van der Waals surface area (Å²) < 4.78 is 6.38. The van der Waals surface area contributed by atoms with E-state index in [1.165, 1.54) is 6.21 Å². The molecular weight excluding hydrogens is 334 g/mol. The average Bonchev–Trinajstić information content (AvgIpc) is 2.44. The third-order valence-electron chi connectivity index (χ3n) is 2.96. The summed E-state index contributed by atoms with van der Waals surface area (Å²) >= 11 is 3.32. The fourth-order valence-corrected chi connectivity index (χ4v) is 2.29. The molecule has 0 aliphatic heterocycles. The van der Waals surface area contributed by atoms with Gasteiger partial charge in [0.15, 0.2) is 0 Å². The number of hydrogen-bond donors (Lipinski definition) is 1. The first-order chi connectivity index (χ1) is 10.0. The number of esters is 1. The molecule has 0 atom stereocenters. The molecule has 0 aliphatic rings. The van der Waals surface area contributed by atoms with Gasteiger partial charge in [-0.3, -0.25) is 0 Å². The number of ether oxygens (including phenoxy) is 1. The first kappa shape index (κ1) is 15.3. The van der Waals surface area contributed by atoms with E-state index in [-0.39, 0.29) is 0 Å². The molecule has 0 fully saturated rings. The Kier molecular flexibility index (Phi) is 4.75. The van der Waals surface area contributed by atoms with E-state index in [9.17, 15) is 4.79 Å². The molecular formula is C16H14BrNO3. The molecule has 2 aromatic rings. The number of carbonyl (C=O) groups is 1. The van der Waals surface area contributed by atoms with Gasteiger partial charge in [0.25, 0.3) is 0 Å². The number of nitrogens with zero attached hydrogens (tertiary/aromatic N) is 1. The maximum Gasteiger partial charge on any atom is 0.343 e. The van der Waals surface area contributed by atoms with E-state index in [0.29, 0.717) is 11.3 Å². The average molecular weight is 348 g/mol. The fourth-order valence-electron chi connectivity index (χ4n) is 2.02. The van der Waals surface area contributed by atoms with Crippen molar-refractivity contribution in [1.82, 2.24) is 0 Å². The van der Waals surface area contributed by atoms with Gasteiger partial charge < -0.3 is 9.94 Å². The Morgan fingerprint density at radius 2 is 1.76 bits per heavy atom. The van der Waals surface area contributed by atoms with Crippen LogP contribution in [-0.4, -0.2) is 17.4 Å². The fraction of sp³-hybridized carbons (Fsp3) is 0.125. The molecule has 0 saturated heterocycles. The summed E-state index contributed by atoms with van der Waals surface area (Å²) in [5.41, 5.74) is 2.83. The Bertz CT molecular complexity index is 670. The molecule has 0 radical (unpaired) electrons. The maximum atomic E-state index is 12.1. The van der Waals surface area contributed by atoms with Gasteiger partial charge in [-0.05, 0) is 66.9 Å². The molecule has 5 heteroatoms. The Labute approximate surface area is 131 Å². The van der Waals surface area contributed by atoms with Crippen molar-refractivity contribution in [1.29, 1.82) is 0 Å². The summed E-state index contributed by atoms with van der Waals surface area (Å²) in [6, 6.07) is 10.6. The lowest BCUT2D eigenvalue weighted by molar-refractivity contribution is 0.0732. The number of halogens is 1. The SMILES string of the molecule is Cc1cc(/C=N/O)cc(C)c1OC(=O)c1ccc(Br)cc1. The van der Waals surface area contributed by atoms with E-state index < -0.39 is 5.97 Å². The van der Waals surface area contributed by atoms with Crippen LogP contribution in [0.25, 0.3) is 0 Å². The largest absolute Gasteiger partial charge is 0.422 e. The number of carbonyl (C=O) groups excluding carboxylic acids is 1. The van der Waals surface area contributed by atoms with E-state index in [1.54, 1.807) is 36.4 Å². The topological polar surface area (TPSA) is 58.9 Å². The predicted molar refractivity (Wildman–Crippen MR) is 84.4 cm³/mol. The molecule has 0 bridgehead atoms. The summed E-state index contributed by atoms with van der Waals surface area (Å²) in [4.78, 5) is 12.1. The Balaban J connectivity index is 2.27. The number of hydrogen-bond acceptors (Lipinski definition) is 4. The van der Waals surface area contributed by atoms with Crippen LogP contribution in [0.4, 0.5) is 0 Å². The lowest BCUT2D eigenvalue weighted by Gasteiger charge is -2.11. The molecule has 0 aliphatic carbocycles. The van der Waals surface area contributed by atoms with Crippen LogP contribution in [-0.2, 0) is 0 Å². The molecule has 0 heterocycles. The third kappa shape index (κ3) is 3.70. The highest BCUT2D eigenvalue weighted by Crippen LogP contribution is 2.25. The van der Waals surface area contributed by atoms with Crippen molar-refractivity contribution in [3.63, 3.8) is 0 Å². The Hall–Kier alpha value is -2.14. The third-order valence-corrected chi connectivity index (χ3v) is 3.49. The van der Waals surface area contributed by atoms with E-state index in [2.05, 4.69) is 21.1 Å². The second kappa shape index (κ2) is 6.54. The van der Waals surface area contributed by atoms with Crippen LogP contribution in [0.3, 0.4) is 0 Å². The zero-order valence-electron chi connectivity index (χ0n) is 11.6. The second-order valence-electron chi connectivity index (χ2n) is 4.62. The van der Waals surface area contributed by atoms with Crippen molar-refractivity contribution in [3.05, 3.63) is 63.1 Å². The number of oxime groups is 1. The highest BCUT2D eigenvalue weighted by Gasteiger charge is 2.13. The van der Waals surface area contributed by atoms with E-state index >= 15 is 0 Å². The van der Waals surface area contributed by atoms with Crippen LogP contribution in [0.5, 0.6) is 5.75 Å². The standard InChI is InChI=1S/C16H14BrNO3/c1-10-7-12(9-18-20)8-11(2)15(10)21-16(19)13-3-5-14(17)6-4-13/h3-9,20H,1-2H3/b18-9+. The summed E-state index contributed by atoms with van der Waals surface area (Å²) in [5, 5.41) is 11.6. The molecule has 0 saturated carbocycles. The molecule has 2 rings (SSSR count). The van der Waals surface area contributed by atoms with Gasteiger partial charge in [0.2, 0.25) is 0 Å². The molecule has 0 spiro atoms. The van der Waals surface area contributed by atoms with Crippen molar-refractivity contribution in [2.75, 3.05) is 0 Å². The highest BCUT2D eigenvalue weighted by molar-refractivity contribution is 9.10. The molecule has 0 unspecified atom stereocenters. The monoisotopic (exact) mass is 347 g/mol. The normalized spacial score (nSPS) is 10.8. The van der Waals surface area contributed by atoms with Crippen molar-refractivity contribution in [2.24, 2.45) is 5.16 Å². The van der Waals surface area contributed by atoms with Gasteiger partial charge in [-0.1, -0.05) is 21.1 Å². The van der Waals surface area contributed by atoms with Crippen LogP contribution in [0.2, 0.25) is 0 Å². The van der Waals surface area contributed by atoms with Crippen molar-refractivity contribution in [2.45, 2.75) is 13.8 Å². The first-order valence-electron chi connectivity index (χ1n) is 6.27. The van der Waals surface area contributed by atoms with E-state index in [1.807, 2.05) is 13.8 Å². The van der Waals surface area contributed by atoms with Crippen LogP contribution in [0, 0.1) is 13.8 Å². The molecule has 4 nitrogen and oxygen atoms in total. The molecule has 21 heavy (non-hydrogen) atoms. The second-order valence-corrected chi connectivity index (χ2v) is 5.54. The lowest BCUT2D eigenvalue weighted by Crippen LogP contribution is -2.10. The molecule has 2 aromatic carbocycles. The number of rotatable bonds is 3. The summed E-state index contributed by atoms with van der Waals surface area (Å²) in [6.45, 7) is 3.68. The highest BCUT2D eigenvalue weighted by atomic mass is 79.9. The quantitative estimate of drug-likeness (QED) is 0.299. The minimum atomic E-state index is -0.405. The summed E-state index contributed by atoms with van der Waals surface area (Å²) in [6.07, 6.45) is 1.33. The van der Waals surface area contributed by atoms with Crippen LogP contribution >= 0.6 is 15.9 Å². The Morgan fingerprint density at radius 3 is 2.29 bits per heavy atom. The smallest absolute Gasteiger partial charge is 0.343 e. The number of aryl methyl sites for hydroxylation is 2. The number of benzene rings is 2. The van der Waals surface area contributed by atoms with Gasteiger partial charge in [0, 0.05) is 4.47 Å². The van der Waals surface area contributed by atoms with Crippen molar-refractivity contribution >= 4 is 28.1 Å². The minimum absolute atomic E-state index is 0.405. The zero-order chi connectivity index (χ0) is 15.4. The van der Waals surface area contributed by atoms with Crippen LogP contribution in [0.1, 0.15) is 27.0 Å². The van der Waals surface area contributed by atoms with Gasteiger partial charge in [0.05, 0.1) is 11.8 Å². The minimum Gasteiger partial charge on any atom is -0.422 e. The van der Waals surface area contributed by atoms with Gasteiger partial charge >= 0.3 is 5.97 Å². The van der Waals surface area contributed by atoms with Gasteiger partial charge in [-0.2, -0.15) is 0 Å². The molecule has 1 N–H and O–H groups in total. The summed E-state index contributed by atoms with van der Waals surface area (Å²) in [7, 11) is 0. The van der Waals surface area contributed by atoms with Gasteiger partial charge in [0.1, 0.15) is 5.75 Å². The lowest BCUT2D eigenvalue weighted by atomic mass is 10.1. The predicted octanol–water partition coefficient (Wildman–Crippen LogP) is 4.09. The van der Waals surface area contributed by atoms with Crippen LogP contribution < -0.4 is 4.74 Å². The van der Waals surface area contributed by atoms with Crippen molar-refractivity contribution in [3.8, 4) is 5.75 Å². The van der Waals surface area contributed by atoms with E-state index in [0.717, 1.165) is 21.2 Å². The van der Waals surface area contributed by atoms with Crippen molar-refractivity contribution < 1.29 is 14.7 Å².